The lowest BCUT2D eigenvalue weighted by molar-refractivity contribution is 0.415. The van der Waals surface area contributed by atoms with Crippen LogP contribution in [0.15, 0.2) is 72.9 Å². The van der Waals surface area contributed by atoms with Crippen molar-refractivity contribution >= 4 is 17.2 Å². The highest BCUT2D eigenvalue weighted by Crippen LogP contribution is 2.21. The summed E-state index contributed by atoms with van der Waals surface area (Å²) in [5, 5.41) is 7.85. The molecule has 0 aliphatic rings. The summed E-state index contributed by atoms with van der Waals surface area (Å²) in [6, 6.07) is 21.7. The van der Waals surface area contributed by atoms with E-state index in [9.17, 15) is 0 Å². The van der Waals surface area contributed by atoms with Crippen molar-refractivity contribution in [1.82, 2.24) is 14.6 Å². The average Bonchev–Trinajstić information content (AvgIpc) is 3.06. The second-order valence-electron chi connectivity index (χ2n) is 5.37. The molecule has 4 rings (SSSR count). The molecule has 2 aromatic carbocycles. The third-order valence-electron chi connectivity index (χ3n) is 3.75. The van der Waals surface area contributed by atoms with Crippen molar-refractivity contribution in [2.45, 2.75) is 0 Å². The number of fused-ring (bicyclic) bond motifs is 1. The summed E-state index contributed by atoms with van der Waals surface area (Å²) < 4.78 is 6.95. The average molecular weight is 316 g/mol. The number of rotatable bonds is 4. The Labute approximate surface area is 139 Å². The highest BCUT2D eigenvalue weighted by atomic mass is 16.5. The van der Waals surface area contributed by atoms with Gasteiger partial charge in [-0.2, -0.15) is 0 Å². The Morgan fingerprint density at radius 1 is 0.917 bits per heavy atom. The number of anilines is 2. The maximum absolute atomic E-state index is 5.17. The van der Waals surface area contributed by atoms with Crippen LogP contribution in [0.4, 0.5) is 11.5 Å². The summed E-state index contributed by atoms with van der Waals surface area (Å²) >= 11 is 0. The van der Waals surface area contributed by atoms with Crippen LogP contribution in [-0.2, 0) is 0 Å². The van der Waals surface area contributed by atoms with Gasteiger partial charge in [-0.05, 0) is 36.4 Å². The zero-order valence-corrected chi connectivity index (χ0v) is 13.2. The van der Waals surface area contributed by atoms with Gasteiger partial charge in [0.15, 0.2) is 11.5 Å². The van der Waals surface area contributed by atoms with Gasteiger partial charge in [0.05, 0.1) is 19.0 Å². The molecule has 0 bridgehead atoms. The van der Waals surface area contributed by atoms with Crippen molar-refractivity contribution in [2.75, 3.05) is 12.4 Å². The van der Waals surface area contributed by atoms with Gasteiger partial charge in [0.25, 0.3) is 0 Å². The number of nitrogens with one attached hydrogen (secondary N) is 1. The van der Waals surface area contributed by atoms with Crippen molar-refractivity contribution < 1.29 is 4.74 Å². The molecular weight excluding hydrogens is 300 g/mol. The highest BCUT2D eigenvalue weighted by molar-refractivity contribution is 5.63. The van der Waals surface area contributed by atoms with Crippen molar-refractivity contribution in [1.29, 1.82) is 0 Å². The first-order chi connectivity index (χ1) is 11.8. The van der Waals surface area contributed by atoms with Gasteiger partial charge in [0.2, 0.25) is 0 Å². The molecule has 5 heteroatoms. The third kappa shape index (κ3) is 2.79. The van der Waals surface area contributed by atoms with Gasteiger partial charge in [0.1, 0.15) is 5.75 Å². The zero-order valence-electron chi connectivity index (χ0n) is 13.2. The van der Waals surface area contributed by atoms with Gasteiger partial charge in [-0.1, -0.05) is 30.3 Å². The topological polar surface area (TPSA) is 51.5 Å². The molecule has 2 aromatic heterocycles. The largest absolute Gasteiger partial charge is 0.497 e. The highest BCUT2D eigenvalue weighted by Gasteiger charge is 2.06. The number of ether oxygens (including phenoxy) is 1. The zero-order chi connectivity index (χ0) is 16.4. The molecule has 1 N–H and O–H groups in total. The second-order valence-corrected chi connectivity index (χ2v) is 5.37. The first-order valence-corrected chi connectivity index (χ1v) is 7.65. The monoisotopic (exact) mass is 316 g/mol. The SMILES string of the molecule is COc1ccc(Nc2ccc3nc(-c4ccccc4)cn3n2)cc1. The lowest BCUT2D eigenvalue weighted by Crippen LogP contribution is -1.98. The molecular formula is C19H16N4O. The smallest absolute Gasteiger partial charge is 0.154 e. The number of hydrogen-bond acceptors (Lipinski definition) is 4. The minimum absolute atomic E-state index is 0.754. The summed E-state index contributed by atoms with van der Waals surface area (Å²) in [5.74, 6) is 1.58. The molecule has 4 aromatic rings. The van der Waals surface area contributed by atoms with Gasteiger partial charge in [0, 0.05) is 11.3 Å². The Balaban J connectivity index is 1.63. The summed E-state index contributed by atoms with van der Waals surface area (Å²) in [5.41, 5.74) is 3.75. The molecule has 0 aliphatic carbocycles. The van der Waals surface area contributed by atoms with Crippen LogP contribution in [0.2, 0.25) is 0 Å². The van der Waals surface area contributed by atoms with Gasteiger partial charge < -0.3 is 10.1 Å². The van der Waals surface area contributed by atoms with E-state index in [0.29, 0.717) is 0 Å². The van der Waals surface area contributed by atoms with Crippen molar-refractivity contribution in [3.8, 4) is 17.0 Å². The normalized spacial score (nSPS) is 10.7. The van der Waals surface area contributed by atoms with Crippen LogP contribution in [0, 0.1) is 0 Å². The lowest BCUT2D eigenvalue weighted by atomic mass is 10.2. The Morgan fingerprint density at radius 3 is 2.46 bits per heavy atom. The Bertz CT molecular complexity index is 962. The summed E-state index contributed by atoms with van der Waals surface area (Å²) in [6.45, 7) is 0. The van der Waals surface area contributed by atoms with E-state index in [4.69, 9.17) is 4.74 Å². The summed E-state index contributed by atoms with van der Waals surface area (Å²) in [6.07, 6.45) is 1.93. The molecule has 2 heterocycles. The van der Waals surface area contributed by atoms with Crippen LogP contribution < -0.4 is 10.1 Å². The fourth-order valence-corrected chi connectivity index (χ4v) is 2.52. The second kappa shape index (κ2) is 6.04. The molecule has 0 aliphatic heterocycles. The quantitative estimate of drug-likeness (QED) is 0.614. The predicted molar refractivity (Wildman–Crippen MR) is 94.7 cm³/mol. The molecule has 0 spiro atoms. The van der Waals surface area contributed by atoms with E-state index < -0.39 is 0 Å². The van der Waals surface area contributed by atoms with E-state index >= 15 is 0 Å². The molecule has 0 saturated heterocycles. The van der Waals surface area contributed by atoms with E-state index in [2.05, 4.69) is 15.4 Å². The number of imidazole rings is 1. The van der Waals surface area contributed by atoms with E-state index in [-0.39, 0.29) is 0 Å². The summed E-state index contributed by atoms with van der Waals surface area (Å²) in [4.78, 5) is 4.61. The van der Waals surface area contributed by atoms with E-state index in [1.807, 2.05) is 72.9 Å². The number of benzene rings is 2. The maximum atomic E-state index is 5.17. The van der Waals surface area contributed by atoms with Gasteiger partial charge in [-0.25, -0.2) is 9.50 Å². The molecule has 24 heavy (non-hydrogen) atoms. The first kappa shape index (κ1) is 14.3. The Kier molecular flexibility index (Phi) is 3.59. The minimum Gasteiger partial charge on any atom is -0.497 e. The van der Waals surface area contributed by atoms with Crippen LogP contribution in [0.1, 0.15) is 0 Å². The molecule has 5 nitrogen and oxygen atoms in total. The number of aromatic nitrogens is 3. The minimum atomic E-state index is 0.754. The molecule has 0 saturated carbocycles. The van der Waals surface area contributed by atoms with E-state index in [1.165, 1.54) is 0 Å². The standard InChI is InChI=1S/C19H16N4O/c1-24-16-9-7-15(8-10-16)20-18-11-12-19-21-17(13-23(19)22-18)14-5-3-2-4-6-14/h2-13H,1H3,(H,20,22). The maximum Gasteiger partial charge on any atom is 0.154 e. The lowest BCUT2D eigenvalue weighted by Gasteiger charge is -2.06. The Morgan fingerprint density at radius 2 is 1.71 bits per heavy atom. The third-order valence-corrected chi connectivity index (χ3v) is 3.75. The van der Waals surface area contributed by atoms with Crippen LogP contribution in [0.25, 0.3) is 16.9 Å². The van der Waals surface area contributed by atoms with E-state index in [1.54, 1.807) is 11.6 Å². The van der Waals surface area contributed by atoms with Crippen LogP contribution in [0.5, 0.6) is 5.75 Å². The number of nitrogens with zero attached hydrogens (tertiary/aromatic N) is 3. The molecule has 0 atom stereocenters. The molecule has 0 fully saturated rings. The Hall–Kier alpha value is -3.34. The van der Waals surface area contributed by atoms with Gasteiger partial charge in [-0.3, -0.25) is 0 Å². The van der Waals surface area contributed by atoms with Crippen molar-refractivity contribution in [3.05, 3.63) is 72.9 Å². The molecule has 0 radical (unpaired) electrons. The van der Waals surface area contributed by atoms with Crippen molar-refractivity contribution in [2.24, 2.45) is 0 Å². The number of methoxy groups -OCH3 is 1. The van der Waals surface area contributed by atoms with Crippen LogP contribution in [0.3, 0.4) is 0 Å². The van der Waals surface area contributed by atoms with Gasteiger partial charge >= 0.3 is 0 Å². The van der Waals surface area contributed by atoms with Crippen LogP contribution in [-0.4, -0.2) is 21.7 Å². The number of hydrogen-bond donors (Lipinski definition) is 1. The predicted octanol–water partition coefficient (Wildman–Crippen LogP) is 4.15. The molecule has 0 unspecified atom stereocenters. The van der Waals surface area contributed by atoms with Crippen molar-refractivity contribution in [3.63, 3.8) is 0 Å². The fraction of sp³-hybridized carbons (Fsp3) is 0.0526. The first-order valence-electron chi connectivity index (χ1n) is 7.65. The van der Waals surface area contributed by atoms with Crippen LogP contribution >= 0.6 is 0 Å². The molecule has 118 valence electrons. The summed E-state index contributed by atoms with van der Waals surface area (Å²) in [7, 11) is 1.65. The molecule has 0 amide bonds. The van der Waals surface area contributed by atoms with E-state index in [0.717, 1.165) is 34.2 Å². The van der Waals surface area contributed by atoms with Gasteiger partial charge in [-0.15, -0.1) is 5.10 Å². The fourth-order valence-electron chi connectivity index (χ4n) is 2.52.